The van der Waals surface area contributed by atoms with E-state index in [1.807, 2.05) is 18.2 Å². The van der Waals surface area contributed by atoms with Gasteiger partial charge >= 0.3 is 0 Å². The summed E-state index contributed by atoms with van der Waals surface area (Å²) in [6, 6.07) is 7.56. The standard InChI is InChI=1S/C13H14FN3.ClH/c14-12-7-11(17-10-3-5-15-8-10)6-9-2-1-4-16-13(9)12;/h1-2,4,6-7,10,15,17H,3,5,8H2;1H/t10-;/m0./s1. The van der Waals surface area contributed by atoms with Gasteiger partial charge in [0.1, 0.15) is 5.52 Å². The van der Waals surface area contributed by atoms with E-state index >= 15 is 0 Å². The van der Waals surface area contributed by atoms with Crippen LogP contribution in [-0.2, 0) is 0 Å². The zero-order valence-corrected chi connectivity index (χ0v) is 10.6. The van der Waals surface area contributed by atoms with E-state index in [9.17, 15) is 4.39 Å². The van der Waals surface area contributed by atoms with Crippen LogP contribution in [0.4, 0.5) is 10.1 Å². The predicted molar refractivity (Wildman–Crippen MR) is 73.8 cm³/mol. The fourth-order valence-electron chi connectivity index (χ4n) is 2.24. The van der Waals surface area contributed by atoms with Gasteiger partial charge in [-0.05, 0) is 31.2 Å². The Hall–Kier alpha value is -1.39. The van der Waals surface area contributed by atoms with Gasteiger partial charge in [-0.15, -0.1) is 12.4 Å². The highest BCUT2D eigenvalue weighted by Crippen LogP contribution is 2.22. The molecule has 3 rings (SSSR count). The summed E-state index contributed by atoms with van der Waals surface area (Å²) in [5.74, 6) is -0.267. The lowest BCUT2D eigenvalue weighted by Crippen LogP contribution is -2.22. The largest absolute Gasteiger partial charge is 0.381 e. The Morgan fingerprint density at radius 2 is 2.28 bits per heavy atom. The first kappa shape index (κ1) is 13.1. The van der Waals surface area contributed by atoms with E-state index in [1.165, 1.54) is 6.07 Å². The van der Waals surface area contributed by atoms with E-state index < -0.39 is 0 Å². The predicted octanol–water partition coefficient (Wildman–Crippen LogP) is 2.57. The van der Waals surface area contributed by atoms with E-state index in [4.69, 9.17) is 0 Å². The summed E-state index contributed by atoms with van der Waals surface area (Å²) in [6.07, 6.45) is 2.69. The van der Waals surface area contributed by atoms with E-state index in [-0.39, 0.29) is 18.2 Å². The van der Waals surface area contributed by atoms with E-state index in [1.54, 1.807) is 6.20 Å². The fourth-order valence-corrected chi connectivity index (χ4v) is 2.24. The molecule has 5 heteroatoms. The third kappa shape index (κ3) is 2.54. The molecule has 1 atom stereocenters. The Morgan fingerprint density at radius 3 is 3.06 bits per heavy atom. The van der Waals surface area contributed by atoms with Gasteiger partial charge in [0.15, 0.2) is 5.82 Å². The van der Waals surface area contributed by atoms with Crippen molar-refractivity contribution in [2.24, 2.45) is 0 Å². The molecule has 0 spiro atoms. The molecule has 1 aliphatic rings. The van der Waals surface area contributed by atoms with Crippen molar-refractivity contribution < 1.29 is 4.39 Å². The Kier molecular flexibility index (Phi) is 3.99. The first-order valence-electron chi connectivity index (χ1n) is 5.84. The molecule has 0 radical (unpaired) electrons. The Morgan fingerprint density at radius 1 is 1.39 bits per heavy atom. The molecule has 1 saturated heterocycles. The van der Waals surface area contributed by atoms with Gasteiger partial charge in [-0.1, -0.05) is 6.07 Å². The number of hydrogen-bond donors (Lipinski definition) is 2. The molecule has 2 heterocycles. The van der Waals surface area contributed by atoms with E-state index in [0.717, 1.165) is 30.6 Å². The monoisotopic (exact) mass is 267 g/mol. The Bertz CT molecular complexity index is 541. The second-order valence-corrected chi connectivity index (χ2v) is 4.37. The van der Waals surface area contributed by atoms with Gasteiger partial charge in [-0.25, -0.2) is 4.39 Å². The molecule has 0 aliphatic carbocycles. The Labute approximate surface area is 111 Å². The van der Waals surface area contributed by atoms with Crippen molar-refractivity contribution in [3.8, 4) is 0 Å². The van der Waals surface area contributed by atoms with Crippen LogP contribution >= 0.6 is 12.4 Å². The Balaban J connectivity index is 0.00000120. The number of rotatable bonds is 2. The molecule has 0 amide bonds. The molecule has 0 bridgehead atoms. The SMILES string of the molecule is Cl.Fc1cc(N[C@H]2CCNC2)cc2cccnc12. The van der Waals surface area contributed by atoms with Crippen LogP contribution in [0.1, 0.15) is 6.42 Å². The van der Waals surface area contributed by atoms with Crippen molar-refractivity contribution in [1.82, 2.24) is 10.3 Å². The van der Waals surface area contributed by atoms with E-state index in [2.05, 4.69) is 15.6 Å². The van der Waals surface area contributed by atoms with Crippen LogP contribution in [0.15, 0.2) is 30.5 Å². The van der Waals surface area contributed by atoms with Crippen LogP contribution in [0.5, 0.6) is 0 Å². The summed E-state index contributed by atoms with van der Waals surface area (Å²) in [6.45, 7) is 1.96. The maximum absolute atomic E-state index is 13.8. The molecule has 18 heavy (non-hydrogen) atoms. The second-order valence-electron chi connectivity index (χ2n) is 4.37. The summed E-state index contributed by atoms with van der Waals surface area (Å²) < 4.78 is 13.8. The number of pyridine rings is 1. The summed E-state index contributed by atoms with van der Waals surface area (Å²) >= 11 is 0. The minimum Gasteiger partial charge on any atom is -0.381 e. The number of hydrogen-bond acceptors (Lipinski definition) is 3. The zero-order valence-electron chi connectivity index (χ0n) is 9.82. The molecule has 0 saturated carbocycles. The molecular weight excluding hydrogens is 253 g/mol. The second kappa shape index (κ2) is 5.50. The van der Waals surface area contributed by atoms with Gasteiger partial charge < -0.3 is 10.6 Å². The summed E-state index contributed by atoms with van der Waals surface area (Å²) in [7, 11) is 0. The molecule has 96 valence electrons. The van der Waals surface area contributed by atoms with Gasteiger partial charge in [0.2, 0.25) is 0 Å². The molecule has 2 aromatic rings. The summed E-state index contributed by atoms with van der Waals surface area (Å²) in [5, 5.41) is 7.45. The van der Waals surface area contributed by atoms with Gasteiger partial charge in [0.05, 0.1) is 0 Å². The van der Waals surface area contributed by atoms with Crippen LogP contribution in [0.2, 0.25) is 0 Å². The van der Waals surface area contributed by atoms with Crippen LogP contribution in [0.25, 0.3) is 10.9 Å². The van der Waals surface area contributed by atoms with Crippen molar-refractivity contribution >= 4 is 29.0 Å². The third-order valence-corrected chi connectivity index (χ3v) is 3.09. The molecule has 1 fully saturated rings. The average molecular weight is 268 g/mol. The molecule has 1 aliphatic heterocycles. The van der Waals surface area contributed by atoms with Crippen LogP contribution in [0, 0.1) is 5.82 Å². The minimum atomic E-state index is -0.267. The highest BCUT2D eigenvalue weighted by atomic mass is 35.5. The van der Waals surface area contributed by atoms with E-state index in [0.29, 0.717) is 11.6 Å². The van der Waals surface area contributed by atoms with Crippen molar-refractivity contribution in [1.29, 1.82) is 0 Å². The smallest absolute Gasteiger partial charge is 0.151 e. The number of nitrogens with one attached hydrogen (secondary N) is 2. The van der Waals surface area contributed by atoms with Crippen molar-refractivity contribution in [2.75, 3.05) is 18.4 Å². The summed E-state index contributed by atoms with van der Waals surface area (Å²) in [5.41, 5.74) is 1.26. The lowest BCUT2D eigenvalue weighted by Gasteiger charge is -2.13. The summed E-state index contributed by atoms with van der Waals surface area (Å²) in [4.78, 5) is 4.04. The number of aromatic nitrogens is 1. The highest BCUT2D eigenvalue weighted by molar-refractivity contribution is 5.85. The van der Waals surface area contributed by atoms with Gasteiger partial charge in [-0.2, -0.15) is 0 Å². The first-order valence-corrected chi connectivity index (χ1v) is 5.84. The lowest BCUT2D eigenvalue weighted by atomic mass is 10.1. The quantitative estimate of drug-likeness (QED) is 0.878. The number of nitrogens with zero attached hydrogens (tertiary/aromatic N) is 1. The first-order chi connectivity index (χ1) is 8.33. The van der Waals surface area contributed by atoms with Crippen molar-refractivity contribution in [3.05, 3.63) is 36.3 Å². The highest BCUT2D eigenvalue weighted by Gasteiger charge is 2.14. The number of halogens is 2. The number of anilines is 1. The van der Waals surface area contributed by atoms with Crippen LogP contribution in [0.3, 0.4) is 0 Å². The minimum absolute atomic E-state index is 0. The molecule has 2 N–H and O–H groups in total. The van der Waals surface area contributed by atoms with Crippen molar-refractivity contribution in [2.45, 2.75) is 12.5 Å². The molecule has 1 aromatic carbocycles. The number of fused-ring (bicyclic) bond motifs is 1. The average Bonchev–Trinajstić information content (AvgIpc) is 2.82. The lowest BCUT2D eigenvalue weighted by molar-refractivity contribution is 0.636. The van der Waals surface area contributed by atoms with Crippen molar-refractivity contribution in [3.63, 3.8) is 0 Å². The van der Waals surface area contributed by atoms with Gasteiger partial charge in [-0.3, -0.25) is 4.98 Å². The third-order valence-electron chi connectivity index (χ3n) is 3.09. The molecule has 3 nitrogen and oxygen atoms in total. The molecule has 0 unspecified atom stereocenters. The topological polar surface area (TPSA) is 37.0 Å². The fraction of sp³-hybridized carbons (Fsp3) is 0.308. The zero-order chi connectivity index (χ0) is 11.7. The van der Waals surface area contributed by atoms with Gasteiger partial charge in [0, 0.05) is 29.9 Å². The molecule has 1 aromatic heterocycles. The molecular formula is C13H15ClFN3. The van der Waals surface area contributed by atoms with Crippen LogP contribution in [-0.4, -0.2) is 24.1 Å². The van der Waals surface area contributed by atoms with Gasteiger partial charge in [0.25, 0.3) is 0 Å². The van der Waals surface area contributed by atoms with Crippen LogP contribution < -0.4 is 10.6 Å². The maximum Gasteiger partial charge on any atom is 0.151 e. The maximum atomic E-state index is 13.8. The number of benzene rings is 1. The normalized spacial score (nSPS) is 18.6.